The van der Waals surface area contributed by atoms with Crippen molar-refractivity contribution in [1.82, 2.24) is 25.2 Å². The van der Waals surface area contributed by atoms with Crippen LogP contribution >= 0.6 is 0 Å². The number of hydrogen-bond donors (Lipinski definition) is 2. The van der Waals surface area contributed by atoms with Gasteiger partial charge in [-0.2, -0.15) is 10.6 Å². The van der Waals surface area contributed by atoms with Crippen LogP contribution in [0.15, 0.2) is 35.7 Å². The van der Waals surface area contributed by atoms with Crippen LogP contribution in [0.25, 0.3) is 16.7 Å². The van der Waals surface area contributed by atoms with Crippen LogP contribution in [0.1, 0.15) is 39.5 Å². The van der Waals surface area contributed by atoms with Gasteiger partial charge in [-0.25, -0.2) is 19.0 Å². The lowest BCUT2D eigenvalue weighted by molar-refractivity contribution is 0.124. The van der Waals surface area contributed by atoms with Crippen molar-refractivity contribution in [3.8, 4) is 17.3 Å². The fourth-order valence-corrected chi connectivity index (χ4v) is 3.97. The molecule has 176 valence electrons. The summed E-state index contributed by atoms with van der Waals surface area (Å²) in [5.41, 5.74) is 3.37. The molecule has 0 unspecified atom stereocenters. The second kappa shape index (κ2) is 10.1. The summed E-state index contributed by atoms with van der Waals surface area (Å²) in [5, 5.41) is 14.4. The minimum Gasteiger partial charge on any atom is -0.508 e. The largest absolute Gasteiger partial charge is 0.508 e. The lowest BCUT2D eigenvalue weighted by Gasteiger charge is -2.29. The Balaban J connectivity index is 1.47. The average molecular weight is 457 g/mol. The Hall–Kier alpha value is -3.27. The zero-order chi connectivity index (χ0) is 23.4. The zero-order valence-corrected chi connectivity index (χ0v) is 19.0. The van der Waals surface area contributed by atoms with Crippen LogP contribution in [0, 0.1) is 17.7 Å². The smallest absolute Gasteiger partial charge is 0.228 e. The van der Waals surface area contributed by atoms with Crippen LogP contribution in [0.2, 0.25) is 0 Å². The second-order valence-corrected chi connectivity index (χ2v) is 8.58. The van der Waals surface area contributed by atoms with E-state index in [0.717, 1.165) is 44.2 Å². The summed E-state index contributed by atoms with van der Waals surface area (Å²) in [6, 6.07) is 3.89. The predicted molar refractivity (Wildman–Crippen MR) is 122 cm³/mol. The minimum atomic E-state index is -0.599. The Kier molecular flexibility index (Phi) is 7.02. The number of hydroxylamine groups is 1. The maximum absolute atomic E-state index is 14.4. The van der Waals surface area contributed by atoms with Crippen molar-refractivity contribution in [1.29, 1.82) is 0 Å². The molecule has 0 bridgehead atoms. The first-order valence-corrected chi connectivity index (χ1v) is 11.2. The van der Waals surface area contributed by atoms with E-state index in [-0.39, 0.29) is 23.5 Å². The minimum absolute atomic E-state index is 0.00552. The molecule has 0 spiro atoms. The van der Waals surface area contributed by atoms with E-state index in [1.54, 1.807) is 13.2 Å². The summed E-state index contributed by atoms with van der Waals surface area (Å²) in [7, 11) is 1.74. The molecular weight excluding hydrogens is 427 g/mol. The van der Waals surface area contributed by atoms with E-state index in [4.69, 9.17) is 9.57 Å². The van der Waals surface area contributed by atoms with Gasteiger partial charge in [-0.1, -0.05) is 13.8 Å². The Morgan fingerprint density at radius 2 is 2.06 bits per heavy atom. The summed E-state index contributed by atoms with van der Waals surface area (Å²) in [6.45, 7) is 5.00. The maximum atomic E-state index is 14.4. The van der Waals surface area contributed by atoms with Gasteiger partial charge in [0.2, 0.25) is 11.8 Å². The van der Waals surface area contributed by atoms with E-state index < -0.39 is 5.82 Å². The van der Waals surface area contributed by atoms with Crippen molar-refractivity contribution in [3.63, 3.8) is 0 Å². The van der Waals surface area contributed by atoms with Gasteiger partial charge in [0.15, 0.2) is 11.5 Å². The number of aromatic nitrogens is 4. The molecule has 1 fully saturated rings. The number of nitrogens with one attached hydrogen (secondary N) is 1. The Morgan fingerprint density at radius 1 is 1.27 bits per heavy atom. The molecule has 2 aromatic heterocycles. The lowest BCUT2D eigenvalue weighted by Crippen LogP contribution is -2.31. The number of ether oxygens (including phenoxy) is 1. The number of fused-ring (bicyclic) bond motifs is 1. The number of phenolic OH excluding ortho intramolecular Hbond substituents is 1. The van der Waals surface area contributed by atoms with Crippen molar-refractivity contribution in [3.05, 3.63) is 36.5 Å². The molecule has 2 N–H and O–H groups in total. The molecule has 3 aromatic rings. The normalized spacial score (nSPS) is 19.2. The van der Waals surface area contributed by atoms with Crippen molar-refractivity contribution in [2.75, 3.05) is 13.6 Å². The molecule has 1 aromatic carbocycles. The molecule has 4 rings (SSSR count). The molecule has 33 heavy (non-hydrogen) atoms. The quantitative estimate of drug-likeness (QED) is 0.316. The monoisotopic (exact) mass is 456 g/mol. The standard InChI is InChI=1S/C23H29FN6O3/c1-14(2)11-26-22(33-25-3)15-4-7-17(8-5-15)32-23-18-12-29-30(21(18)27-13-28-23)20-9-6-16(31)10-19(20)24/h6,9-10,12-15,17,25,31H,4-5,7-8,11H2,1-3H3. The van der Waals surface area contributed by atoms with Gasteiger partial charge < -0.3 is 14.7 Å². The van der Waals surface area contributed by atoms with Gasteiger partial charge >= 0.3 is 0 Å². The summed E-state index contributed by atoms with van der Waals surface area (Å²) < 4.78 is 21.9. The molecule has 0 radical (unpaired) electrons. The number of phenols is 1. The molecule has 1 aliphatic rings. The fraction of sp³-hybridized carbons (Fsp3) is 0.478. The SMILES string of the molecule is CNOC(=NCC(C)C)C1CCC(Oc2ncnc3c2cnn3-c2ccc(O)cc2F)CC1. The van der Waals surface area contributed by atoms with Crippen molar-refractivity contribution >= 4 is 16.9 Å². The molecule has 0 aliphatic heterocycles. The molecular formula is C23H29FN6O3. The number of halogens is 1. The molecule has 9 nitrogen and oxygen atoms in total. The molecule has 0 amide bonds. The van der Waals surface area contributed by atoms with E-state index in [1.165, 1.54) is 23.1 Å². The van der Waals surface area contributed by atoms with Gasteiger partial charge in [-0.3, -0.25) is 4.99 Å². The summed E-state index contributed by atoms with van der Waals surface area (Å²) in [6.07, 6.45) is 6.42. The van der Waals surface area contributed by atoms with E-state index in [2.05, 4.69) is 39.4 Å². The Morgan fingerprint density at radius 3 is 2.76 bits per heavy atom. The van der Waals surface area contributed by atoms with Crippen LogP contribution in [0.3, 0.4) is 0 Å². The maximum Gasteiger partial charge on any atom is 0.228 e. The molecule has 0 atom stereocenters. The van der Waals surface area contributed by atoms with Gasteiger partial charge in [0, 0.05) is 25.6 Å². The van der Waals surface area contributed by atoms with E-state index in [9.17, 15) is 9.50 Å². The molecule has 1 aliphatic carbocycles. The number of nitrogens with zero attached hydrogens (tertiary/aromatic N) is 5. The summed E-state index contributed by atoms with van der Waals surface area (Å²) in [5.74, 6) is 1.15. The van der Waals surface area contributed by atoms with Crippen LogP contribution in [-0.4, -0.2) is 50.4 Å². The molecule has 2 heterocycles. The van der Waals surface area contributed by atoms with Gasteiger partial charge in [-0.05, 0) is 43.7 Å². The number of hydrogen-bond acceptors (Lipinski definition) is 8. The highest BCUT2D eigenvalue weighted by molar-refractivity contribution is 5.81. The molecule has 0 saturated heterocycles. The van der Waals surface area contributed by atoms with E-state index in [0.29, 0.717) is 22.8 Å². The van der Waals surface area contributed by atoms with E-state index >= 15 is 0 Å². The van der Waals surface area contributed by atoms with Crippen LogP contribution < -0.4 is 10.2 Å². The summed E-state index contributed by atoms with van der Waals surface area (Å²) >= 11 is 0. The first-order chi connectivity index (χ1) is 16.0. The van der Waals surface area contributed by atoms with E-state index in [1.807, 2.05) is 0 Å². The second-order valence-electron chi connectivity index (χ2n) is 8.58. The van der Waals surface area contributed by atoms with Gasteiger partial charge in [0.25, 0.3) is 0 Å². The molecule has 10 heteroatoms. The zero-order valence-electron chi connectivity index (χ0n) is 19.0. The summed E-state index contributed by atoms with van der Waals surface area (Å²) in [4.78, 5) is 18.8. The number of aliphatic imine (C=N–C) groups is 1. The number of aromatic hydroxyl groups is 1. The number of benzene rings is 1. The topological polar surface area (TPSA) is 107 Å². The third kappa shape index (κ3) is 5.22. The van der Waals surface area contributed by atoms with Crippen LogP contribution in [-0.2, 0) is 4.84 Å². The fourth-order valence-electron chi connectivity index (χ4n) is 3.97. The van der Waals surface area contributed by atoms with Gasteiger partial charge in [0.1, 0.15) is 29.3 Å². The third-order valence-electron chi connectivity index (χ3n) is 5.61. The van der Waals surface area contributed by atoms with Crippen molar-refractivity contribution < 1.29 is 19.1 Å². The third-order valence-corrected chi connectivity index (χ3v) is 5.61. The van der Waals surface area contributed by atoms with Crippen LogP contribution in [0.5, 0.6) is 11.6 Å². The van der Waals surface area contributed by atoms with Gasteiger partial charge in [0.05, 0.1) is 6.20 Å². The highest BCUT2D eigenvalue weighted by Gasteiger charge is 2.28. The Bertz CT molecular complexity index is 1120. The molecule has 1 saturated carbocycles. The highest BCUT2D eigenvalue weighted by atomic mass is 19.1. The number of rotatable bonds is 7. The highest BCUT2D eigenvalue weighted by Crippen LogP contribution is 2.31. The van der Waals surface area contributed by atoms with Crippen molar-refractivity contribution in [2.45, 2.75) is 45.6 Å². The Labute approximate surface area is 191 Å². The average Bonchev–Trinajstić information content (AvgIpc) is 3.22. The van der Waals surface area contributed by atoms with Gasteiger partial charge in [-0.15, -0.1) is 0 Å². The lowest BCUT2D eigenvalue weighted by atomic mass is 9.87. The first kappa shape index (κ1) is 22.9. The predicted octanol–water partition coefficient (Wildman–Crippen LogP) is 3.80. The van der Waals surface area contributed by atoms with Crippen LogP contribution in [0.4, 0.5) is 4.39 Å². The first-order valence-electron chi connectivity index (χ1n) is 11.2. The van der Waals surface area contributed by atoms with Crippen molar-refractivity contribution in [2.24, 2.45) is 16.8 Å².